The first-order chi connectivity index (χ1) is 21.5. The second kappa shape index (κ2) is 18.3. The van der Waals surface area contributed by atoms with E-state index in [4.69, 9.17) is 33.4 Å². The molecule has 14 heteroatoms. The Kier molecular flexibility index (Phi) is 14.5. The summed E-state index contributed by atoms with van der Waals surface area (Å²) in [6.45, 7) is 0.453. The Balaban J connectivity index is 1.28. The fraction of sp³-hybridized carbons (Fsp3) is 0.419. The van der Waals surface area contributed by atoms with Crippen molar-refractivity contribution < 1.29 is 23.8 Å². The second-order valence-corrected chi connectivity index (χ2v) is 12.2. The molecule has 0 aliphatic rings. The highest BCUT2D eigenvalue weighted by atomic mass is 35.5. The predicted molar refractivity (Wildman–Crippen MR) is 178 cm³/mol. The average Bonchev–Trinajstić information content (AvgIpc) is 3.00. The van der Waals surface area contributed by atoms with E-state index in [0.717, 1.165) is 56.9 Å². The summed E-state index contributed by atoms with van der Waals surface area (Å²) in [5.74, 6) is -0.810. The highest BCUT2D eigenvalue weighted by molar-refractivity contribution is 7.79. The van der Waals surface area contributed by atoms with E-state index in [1.165, 1.54) is 17.2 Å². The van der Waals surface area contributed by atoms with Crippen molar-refractivity contribution >= 4 is 46.2 Å². The summed E-state index contributed by atoms with van der Waals surface area (Å²) in [5.41, 5.74) is 20.7. The minimum atomic E-state index is -1.93. The Labute approximate surface area is 270 Å². The quantitative estimate of drug-likeness (QED) is 0.0476. The zero-order valence-corrected chi connectivity index (χ0v) is 26.7. The third kappa shape index (κ3) is 12.3. The van der Waals surface area contributed by atoms with Crippen molar-refractivity contribution in [2.45, 2.75) is 70.3 Å². The number of aliphatic hydroxyl groups excluding tert-OH is 1. The van der Waals surface area contributed by atoms with E-state index < -0.39 is 23.1 Å². The van der Waals surface area contributed by atoms with Crippen LogP contribution in [0.1, 0.15) is 83.8 Å². The molecule has 244 valence electrons. The van der Waals surface area contributed by atoms with Crippen molar-refractivity contribution in [3.05, 3.63) is 75.6 Å². The third-order valence-electron chi connectivity index (χ3n) is 7.27. The van der Waals surface area contributed by atoms with E-state index >= 15 is 0 Å². The van der Waals surface area contributed by atoms with E-state index in [2.05, 4.69) is 44.5 Å². The van der Waals surface area contributed by atoms with E-state index in [-0.39, 0.29) is 46.4 Å². The highest BCUT2D eigenvalue weighted by Gasteiger charge is 2.16. The van der Waals surface area contributed by atoms with Crippen LogP contribution >= 0.6 is 11.6 Å². The summed E-state index contributed by atoms with van der Waals surface area (Å²) in [5, 5.41) is 22.8. The maximum Gasteiger partial charge on any atom is 0.280 e. The first kappa shape index (κ1) is 35.7. The summed E-state index contributed by atoms with van der Waals surface area (Å²) in [7, 11) is 0. The fourth-order valence-electron chi connectivity index (χ4n) is 4.73. The van der Waals surface area contributed by atoms with E-state index in [9.17, 15) is 19.2 Å². The zero-order chi connectivity index (χ0) is 32.8. The molecule has 0 fully saturated rings. The van der Waals surface area contributed by atoms with Gasteiger partial charge in [-0.25, -0.2) is 14.2 Å². The second-order valence-electron chi connectivity index (χ2n) is 10.8. The number of hydrogen-bond acceptors (Lipinski definition) is 9. The van der Waals surface area contributed by atoms with Crippen LogP contribution in [0.2, 0.25) is 5.15 Å². The van der Waals surface area contributed by atoms with Crippen LogP contribution in [0.5, 0.6) is 5.75 Å². The lowest BCUT2D eigenvalue weighted by Gasteiger charge is -2.13. The van der Waals surface area contributed by atoms with Crippen LogP contribution in [0.3, 0.4) is 0 Å². The maximum atomic E-state index is 12.3. The molecule has 0 aliphatic heterocycles. The van der Waals surface area contributed by atoms with Crippen LogP contribution in [0.4, 0.5) is 11.6 Å². The number of nitrogens with one attached hydrogen (secondary N) is 1. The van der Waals surface area contributed by atoms with Crippen molar-refractivity contribution in [1.82, 2.24) is 15.3 Å². The monoisotopic (exact) mass is 659 g/mol. The fourth-order valence-corrected chi connectivity index (χ4v) is 5.26. The number of hydrogen-bond donors (Lipinski definition) is 7. The Hall–Kier alpha value is -3.78. The number of unbranched alkanes of at least 4 members (excludes halogenated alkanes) is 4. The van der Waals surface area contributed by atoms with Crippen molar-refractivity contribution in [2.75, 3.05) is 23.8 Å². The normalized spacial score (nSPS) is 13.0. The van der Waals surface area contributed by atoms with Gasteiger partial charge in [0.1, 0.15) is 5.75 Å². The summed E-state index contributed by atoms with van der Waals surface area (Å²) in [6.07, 6.45) is 7.92. The van der Waals surface area contributed by atoms with Crippen molar-refractivity contribution in [2.24, 2.45) is 10.7 Å². The van der Waals surface area contributed by atoms with Crippen LogP contribution in [0, 0.1) is 0 Å². The van der Waals surface area contributed by atoms with Gasteiger partial charge in [-0.05, 0) is 79.3 Å². The average molecular weight is 660 g/mol. The summed E-state index contributed by atoms with van der Waals surface area (Å²) >= 11 is 3.88. The molecule has 2 aromatic carbocycles. The number of aromatic hydroxyl groups is 1. The molecule has 0 bridgehead atoms. The Bertz CT molecular complexity index is 1470. The standard InChI is InChI=1S/C31H42ClN7O5S/c32-27-29(34)38-28(33)26(37-27)30(42)39-31(35)36-17-6-5-8-21-12-10-20(11-13-21)7-3-1-2-4-9-24(40)22-14-15-25(41)23(19-22)16-18-45(43)44/h10-15,19,24,40-41H,1-9,16-18H2,(H,43,44)(H4,33,34,38)(H3,35,36,39,42)/t24-/m0/s1. The number of phenolic OH excluding ortho intramolecular Hbond substituents is 1. The van der Waals surface area contributed by atoms with Crippen LogP contribution < -0.4 is 22.5 Å². The number of aryl methyl sites for hydroxylation is 3. The molecule has 10 N–H and O–H groups in total. The van der Waals surface area contributed by atoms with Gasteiger partial charge < -0.3 is 32.0 Å². The van der Waals surface area contributed by atoms with Crippen LogP contribution in [0.15, 0.2) is 47.5 Å². The molecule has 0 saturated heterocycles. The molecule has 1 aromatic heterocycles. The van der Waals surface area contributed by atoms with E-state index in [0.29, 0.717) is 18.5 Å². The van der Waals surface area contributed by atoms with Crippen LogP contribution in [-0.4, -0.2) is 53.1 Å². The Morgan fingerprint density at radius 2 is 1.58 bits per heavy atom. The maximum absolute atomic E-state index is 12.3. The number of phenols is 1. The summed E-state index contributed by atoms with van der Waals surface area (Å²) in [4.78, 5) is 24.1. The molecule has 45 heavy (non-hydrogen) atoms. The van der Waals surface area contributed by atoms with Gasteiger partial charge in [0.25, 0.3) is 5.91 Å². The van der Waals surface area contributed by atoms with E-state index in [1.807, 2.05) is 0 Å². The molecule has 1 amide bonds. The van der Waals surface area contributed by atoms with Crippen molar-refractivity contribution in [3.63, 3.8) is 0 Å². The predicted octanol–water partition coefficient (Wildman–Crippen LogP) is 4.06. The lowest BCUT2D eigenvalue weighted by Crippen LogP contribution is -2.38. The van der Waals surface area contributed by atoms with Gasteiger partial charge in [0.05, 0.1) is 11.9 Å². The van der Waals surface area contributed by atoms with Gasteiger partial charge in [-0.15, -0.1) is 0 Å². The number of aliphatic hydroxyl groups is 1. The molecule has 1 heterocycles. The number of benzene rings is 2. The van der Waals surface area contributed by atoms with Crippen molar-refractivity contribution in [3.8, 4) is 5.75 Å². The Morgan fingerprint density at radius 3 is 2.24 bits per heavy atom. The lowest BCUT2D eigenvalue weighted by atomic mass is 9.98. The minimum absolute atomic E-state index is 0.0448. The number of amides is 1. The van der Waals surface area contributed by atoms with Crippen molar-refractivity contribution in [1.29, 1.82) is 0 Å². The van der Waals surface area contributed by atoms with Gasteiger partial charge in [-0.2, -0.15) is 0 Å². The van der Waals surface area contributed by atoms with Gasteiger partial charge in [0.15, 0.2) is 39.5 Å². The minimum Gasteiger partial charge on any atom is -0.508 e. The first-order valence-corrected chi connectivity index (χ1v) is 16.5. The molecule has 3 rings (SSSR count). The third-order valence-corrected chi connectivity index (χ3v) is 8.10. The molecule has 1 unspecified atom stereocenters. The van der Waals surface area contributed by atoms with Gasteiger partial charge >= 0.3 is 0 Å². The number of aliphatic imine (C=N–C) groups is 1. The highest BCUT2D eigenvalue weighted by Crippen LogP contribution is 2.26. The van der Waals surface area contributed by atoms with Gasteiger partial charge in [-0.1, -0.05) is 61.2 Å². The van der Waals surface area contributed by atoms with E-state index in [1.54, 1.807) is 12.1 Å². The zero-order valence-electron chi connectivity index (χ0n) is 25.1. The largest absolute Gasteiger partial charge is 0.508 e. The number of guanidine groups is 1. The smallest absolute Gasteiger partial charge is 0.280 e. The SMILES string of the molecule is NC(=NCCCCc1ccc(CCCCCC[C@H](O)c2ccc(O)c(CCS(=O)O)c2)cc1)NC(=O)c1nc(Cl)c(N)nc1N. The number of rotatable bonds is 17. The van der Waals surface area contributed by atoms with Gasteiger partial charge in [0, 0.05) is 6.54 Å². The number of nitrogens with two attached hydrogens (primary N) is 3. The lowest BCUT2D eigenvalue weighted by molar-refractivity contribution is 0.0972. The number of carbonyl (C=O) groups excluding carboxylic acids is 1. The molecule has 0 spiro atoms. The summed E-state index contributed by atoms with van der Waals surface area (Å²) < 4.78 is 19.9. The molecular formula is C31H42ClN7O5S. The molecule has 0 saturated carbocycles. The molecule has 3 aromatic rings. The van der Waals surface area contributed by atoms with Gasteiger partial charge in [0.2, 0.25) is 0 Å². The first-order valence-electron chi connectivity index (χ1n) is 14.9. The Morgan fingerprint density at radius 1 is 0.933 bits per heavy atom. The number of carbonyl (C=O) groups is 1. The molecule has 0 radical (unpaired) electrons. The molecular weight excluding hydrogens is 618 g/mol. The molecule has 12 nitrogen and oxygen atoms in total. The molecule has 0 aliphatic carbocycles. The number of nitrogens with zero attached hydrogens (tertiary/aromatic N) is 3. The topological polar surface area (TPSA) is 223 Å². The number of halogens is 1. The number of aromatic nitrogens is 2. The van der Waals surface area contributed by atoms with Crippen LogP contribution in [0.25, 0.3) is 0 Å². The van der Waals surface area contributed by atoms with Gasteiger partial charge in [-0.3, -0.25) is 15.1 Å². The molecule has 2 atom stereocenters. The number of nitrogen functional groups attached to an aromatic ring is 2. The summed E-state index contributed by atoms with van der Waals surface area (Å²) in [6, 6.07) is 13.6. The van der Waals surface area contributed by atoms with Crippen LogP contribution in [-0.2, 0) is 30.3 Å². The number of anilines is 2.